The Hall–Kier alpha value is -1.22. The summed E-state index contributed by atoms with van der Waals surface area (Å²) in [5, 5.41) is 2.81. The third kappa shape index (κ3) is 3.74. The van der Waals surface area contributed by atoms with Gasteiger partial charge in [0.1, 0.15) is 5.67 Å². The zero-order valence-electron chi connectivity index (χ0n) is 10.0. The van der Waals surface area contributed by atoms with Gasteiger partial charge in [-0.3, -0.25) is 4.79 Å². The first-order valence-electron chi connectivity index (χ1n) is 5.38. The maximum absolute atomic E-state index is 13.6. The molecule has 16 heavy (non-hydrogen) atoms. The van der Waals surface area contributed by atoms with Gasteiger partial charge in [-0.1, -0.05) is 24.3 Å². The van der Waals surface area contributed by atoms with E-state index in [0.29, 0.717) is 5.56 Å². The van der Waals surface area contributed by atoms with Crippen LogP contribution in [-0.2, 0) is 6.42 Å². The predicted octanol–water partition coefficient (Wildman–Crippen LogP) is 2.38. The minimum atomic E-state index is -1.30. The molecule has 2 nitrogen and oxygen atoms in total. The maximum Gasteiger partial charge on any atom is 0.176 e. The highest BCUT2D eigenvalue weighted by atomic mass is 19.1. The van der Waals surface area contributed by atoms with Crippen molar-refractivity contribution in [3.8, 4) is 0 Å². The number of ketones is 1. The summed E-state index contributed by atoms with van der Waals surface area (Å²) in [6.45, 7) is 3.32. The molecule has 0 radical (unpaired) electrons. The van der Waals surface area contributed by atoms with Gasteiger partial charge in [-0.2, -0.15) is 0 Å². The molecule has 0 saturated heterocycles. The first kappa shape index (κ1) is 12.8. The van der Waals surface area contributed by atoms with Gasteiger partial charge in [-0.05, 0) is 26.5 Å². The quantitative estimate of drug-likeness (QED) is 0.776. The normalized spacial score (nSPS) is 11.5. The highest BCUT2D eigenvalue weighted by Gasteiger charge is 2.19. The molecule has 0 aliphatic carbocycles. The van der Waals surface area contributed by atoms with Gasteiger partial charge < -0.3 is 5.32 Å². The number of carbonyl (C=O) groups is 1. The Balaban J connectivity index is 2.96. The Morgan fingerprint density at radius 3 is 2.56 bits per heavy atom. The summed E-state index contributed by atoms with van der Waals surface area (Å²) in [5.41, 5.74) is 0.0913. The van der Waals surface area contributed by atoms with E-state index in [1.807, 2.05) is 12.1 Å². The fourth-order valence-corrected chi connectivity index (χ4v) is 1.66. The third-order valence-corrected chi connectivity index (χ3v) is 2.27. The van der Waals surface area contributed by atoms with E-state index in [9.17, 15) is 9.18 Å². The second-order valence-electron chi connectivity index (χ2n) is 4.51. The summed E-state index contributed by atoms with van der Waals surface area (Å²) in [5.74, 6) is 0.00218. The van der Waals surface area contributed by atoms with Crippen LogP contribution >= 0.6 is 0 Å². The van der Waals surface area contributed by atoms with Crippen LogP contribution in [0, 0.1) is 0 Å². The van der Waals surface area contributed by atoms with Crippen molar-refractivity contribution >= 4 is 5.78 Å². The molecule has 0 aliphatic heterocycles. The van der Waals surface area contributed by atoms with Crippen molar-refractivity contribution in [2.45, 2.75) is 25.9 Å². The topological polar surface area (TPSA) is 29.1 Å². The maximum atomic E-state index is 13.6. The van der Waals surface area contributed by atoms with Crippen molar-refractivity contribution < 1.29 is 9.18 Å². The minimum absolute atomic E-state index is 0.00218. The van der Waals surface area contributed by atoms with Crippen molar-refractivity contribution in [3.63, 3.8) is 0 Å². The van der Waals surface area contributed by atoms with Crippen LogP contribution in [0.2, 0.25) is 0 Å². The second kappa shape index (κ2) is 5.21. The molecule has 0 fully saturated rings. The Morgan fingerprint density at radius 2 is 2.00 bits per heavy atom. The average Bonchev–Trinajstić information content (AvgIpc) is 2.16. The number of nitrogens with one attached hydrogen (secondary N) is 1. The zero-order chi connectivity index (χ0) is 12.2. The van der Waals surface area contributed by atoms with Gasteiger partial charge >= 0.3 is 0 Å². The molecule has 1 rings (SSSR count). The second-order valence-corrected chi connectivity index (χ2v) is 4.51. The van der Waals surface area contributed by atoms with Crippen molar-refractivity contribution in [3.05, 3.63) is 35.4 Å². The molecule has 0 amide bonds. The molecule has 0 saturated carbocycles. The van der Waals surface area contributed by atoms with Crippen molar-refractivity contribution in [1.82, 2.24) is 5.32 Å². The van der Waals surface area contributed by atoms with Crippen LogP contribution in [0.1, 0.15) is 29.8 Å². The van der Waals surface area contributed by atoms with Gasteiger partial charge in [0.15, 0.2) is 5.78 Å². The van der Waals surface area contributed by atoms with Crippen molar-refractivity contribution in [2.24, 2.45) is 0 Å². The summed E-state index contributed by atoms with van der Waals surface area (Å²) in [6.07, 6.45) is 0.263. The molecule has 0 aliphatic rings. The van der Waals surface area contributed by atoms with Gasteiger partial charge in [-0.25, -0.2) is 4.39 Å². The molecule has 1 aromatic carbocycles. The predicted molar refractivity (Wildman–Crippen MR) is 63.6 cm³/mol. The van der Waals surface area contributed by atoms with E-state index in [1.165, 1.54) is 13.8 Å². The molecule has 0 atom stereocenters. The smallest absolute Gasteiger partial charge is 0.176 e. The lowest BCUT2D eigenvalue weighted by Gasteiger charge is -2.16. The van der Waals surface area contributed by atoms with Crippen molar-refractivity contribution in [1.29, 1.82) is 0 Å². The van der Waals surface area contributed by atoms with Crippen LogP contribution in [0.4, 0.5) is 4.39 Å². The number of alkyl halides is 1. The van der Waals surface area contributed by atoms with Gasteiger partial charge in [0.05, 0.1) is 6.54 Å². The summed E-state index contributed by atoms with van der Waals surface area (Å²) < 4.78 is 13.6. The average molecular weight is 223 g/mol. The number of hydrogen-bond donors (Lipinski definition) is 1. The first-order valence-corrected chi connectivity index (χ1v) is 5.38. The highest BCUT2D eigenvalue weighted by Crippen LogP contribution is 2.20. The van der Waals surface area contributed by atoms with Crippen LogP contribution in [0.25, 0.3) is 0 Å². The van der Waals surface area contributed by atoms with Crippen LogP contribution in [0.3, 0.4) is 0 Å². The SMILES string of the molecule is CNCC(=O)c1ccccc1CC(C)(C)F. The summed E-state index contributed by atoms with van der Waals surface area (Å²) in [6, 6.07) is 7.19. The van der Waals surface area contributed by atoms with Gasteiger partial charge in [0.25, 0.3) is 0 Å². The monoisotopic (exact) mass is 223 g/mol. The van der Waals surface area contributed by atoms with E-state index in [2.05, 4.69) is 5.32 Å². The Bertz CT molecular complexity index is 368. The third-order valence-electron chi connectivity index (χ3n) is 2.27. The Kier molecular flexibility index (Phi) is 4.19. The molecular formula is C13H18FNO. The lowest BCUT2D eigenvalue weighted by atomic mass is 9.94. The highest BCUT2D eigenvalue weighted by molar-refractivity contribution is 5.98. The Labute approximate surface area is 95.9 Å². The van der Waals surface area contributed by atoms with Crippen LogP contribution < -0.4 is 5.32 Å². The van der Waals surface area contributed by atoms with Gasteiger partial charge in [0, 0.05) is 12.0 Å². The summed E-state index contributed by atoms with van der Waals surface area (Å²) in [4.78, 5) is 11.8. The molecule has 0 bridgehead atoms. The van der Waals surface area contributed by atoms with Crippen LogP contribution in [0.5, 0.6) is 0 Å². The number of likely N-dealkylation sites (N-methyl/N-ethyl adjacent to an activating group) is 1. The summed E-state index contributed by atoms with van der Waals surface area (Å²) in [7, 11) is 1.72. The molecule has 0 unspecified atom stereocenters. The van der Waals surface area contributed by atoms with Crippen LogP contribution in [0.15, 0.2) is 24.3 Å². The number of halogens is 1. The minimum Gasteiger partial charge on any atom is -0.313 e. The fourth-order valence-electron chi connectivity index (χ4n) is 1.66. The first-order chi connectivity index (χ1) is 7.44. The molecule has 1 aromatic rings. The number of rotatable bonds is 5. The molecule has 3 heteroatoms. The van der Waals surface area contributed by atoms with E-state index >= 15 is 0 Å². The molecule has 0 spiro atoms. The Morgan fingerprint density at radius 1 is 1.38 bits per heavy atom. The number of hydrogen-bond acceptors (Lipinski definition) is 2. The van der Waals surface area contributed by atoms with E-state index in [4.69, 9.17) is 0 Å². The van der Waals surface area contributed by atoms with E-state index in [0.717, 1.165) is 5.56 Å². The largest absolute Gasteiger partial charge is 0.313 e. The standard InChI is InChI=1S/C13H18FNO/c1-13(2,14)8-10-6-4-5-7-11(10)12(16)9-15-3/h4-7,15H,8-9H2,1-3H3. The molecule has 88 valence electrons. The van der Waals surface area contributed by atoms with Crippen molar-refractivity contribution in [2.75, 3.05) is 13.6 Å². The fraction of sp³-hybridized carbons (Fsp3) is 0.462. The molecule has 0 aromatic heterocycles. The molecule has 0 heterocycles. The molecule has 1 N–H and O–H groups in total. The van der Waals surface area contributed by atoms with E-state index in [1.54, 1.807) is 19.2 Å². The number of carbonyl (C=O) groups excluding carboxylic acids is 1. The number of benzene rings is 1. The van der Waals surface area contributed by atoms with Gasteiger partial charge in [0.2, 0.25) is 0 Å². The van der Waals surface area contributed by atoms with Gasteiger partial charge in [-0.15, -0.1) is 0 Å². The molecular weight excluding hydrogens is 205 g/mol. The lowest BCUT2D eigenvalue weighted by molar-refractivity contribution is 0.0992. The van der Waals surface area contributed by atoms with Crippen LogP contribution in [-0.4, -0.2) is 25.0 Å². The number of Topliss-reactive ketones (excluding diaryl/α,β-unsaturated/α-hetero) is 1. The zero-order valence-corrected chi connectivity index (χ0v) is 10.0. The van der Waals surface area contributed by atoms with E-state index < -0.39 is 5.67 Å². The van der Waals surface area contributed by atoms with E-state index in [-0.39, 0.29) is 18.7 Å². The summed E-state index contributed by atoms with van der Waals surface area (Å²) >= 11 is 0. The lowest BCUT2D eigenvalue weighted by Crippen LogP contribution is -2.22.